The number of hydrogen-bond donors (Lipinski definition) is 1. The third kappa shape index (κ3) is 4.05. The first kappa shape index (κ1) is 20.7. The summed E-state index contributed by atoms with van der Waals surface area (Å²) >= 11 is 4.39. The van der Waals surface area contributed by atoms with Crippen molar-refractivity contribution in [3.8, 4) is 0 Å². The zero-order chi connectivity index (χ0) is 19.9. The van der Waals surface area contributed by atoms with E-state index in [-0.39, 0.29) is 18.9 Å². The lowest BCUT2D eigenvalue weighted by Crippen LogP contribution is -2.25. The molecule has 1 N–H and O–H groups in total. The number of aliphatic hydroxyl groups is 1. The number of halogens is 2. The average molecular weight is 472 g/mol. The van der Waals surface area contributed by atoms with Crippen molar-refractivity contribution in [2.75, 3.05) is 6.61 Å². The lowest BCUT2D eigenvalue weighted by Gasteiger charge is -2.18. The van der Waals surface area contributed by atoms with Crippen LogP contribution in [0, 0.1) is 12.1 Å². The van der Waals surface area contributed by atoms with Gasteiger partial charge in [0.2, 0.25) is 0 Å². The standard InChI is InChI=1S/C19H23BrFNO3SSi/c1-11-7-12(9-23)16(20)15-13-8-14(21)26-18(13)19(24)22(17(11)15)10-25-5-6-27(2,3)4/h7-8,23H,5-6,9-10H2,1-4H3. The van der Waals surface area contributed by atoms with Gasteiger partial charge in [0.15, 0.2) is 5.13 Å². The highest BCUT2D eigenvalue weighted by Crippen LogP contribution is 2.37. The molecule has 8 heteroatoms. The Hall–Kier alpha value is -1.06. The average Bonchev–Trinajstić information content (AvgIpc) is 2.97. The first-order valence-electron chi connectivity index (χ1n) is 8.76. The molecule has 0 saturated carbocycles. The van der Waals surface area contributed by atoms with E-state index < -0.39 is 13.2 Å². The van der Waals surface area contributed by atoms with E-state index in [0.717, 1.165) is 28.3 Å². The Kier molecular flexibility index (Phi) is 5.93. The molecule has 0 radical (unpaired) electrons. The van der Waals surface area contributed by atoms with Crippen molar-refractivity contribution in [3.05, 3.63) is 43.2 Å². The second-order valence-electron chi connectivity index (χ2n) is 7.92. The molecule has 0 aliphatic heterocycles. The first-order chi connectivity index (χ1) is 12.6. The summed E-state index contributed by atoms with van der Waals surface area (Å²) in [6.45, 7) is 9.29. The Morgan fingerprint density at radius 1 is 1.33 bits per heavy atom. The van der Waals surface area contributed by atoms with Crippen molar-refractivity contribution in [2.24, 2.45) is 0 Å². The van der Waals surface area contributed by atoms with Crippen molar-refractivity contribution >= 4 is 56.3 Å². The number of aryl methyl sites for hydroxylation is 1. The predicted octanol–water partition coefficient (Wildman–Crippen LogP) is 5.23. The quantitative estimate of drug-likeness (QED) is 0.395. The van der Waals surface area contributed by atoms with E-state index >= 15 is 0 Å². The fourth-order valence-corrected chi connectivity index (χ4v) is 5.39. The van der Waals surface area contributed by atoms with Gasteiger partial charge in [0, 0.05) is 29.9 Å². The maximum absolute atomic E-state index is 14.0. The normalized spacial score (nSPS) is 12.4. The summed E-state index contributed by atoms with van der Waals surface area (Å²) in [6, 6.07) is 4.25. The van der Waals surface area contributed by atoms with Crippen LogP contribution in [0.1, 0.15) is 11.1 Å². The maximum Gasteiger partial charge on any atom is 0.271 e. The Morgan fingerprint density at radius 3 is 2.67 bits per heavy atom. The molecule has 2 heterocycles. The molecule has 0 saturated heterocycles. The van der Waals surface area contributed by atoms with Crippen molar-refractivity contribution < 1.29 is 14.2 Å². The Balaban J connectivity index is 2.21. The van der Waals surface area contributed by atoms with Gasteiger partial charge in [-0.25, -0.2) is 0 Å². The van der Waals surface area contributed by atoms with Gasteiger partial charge in [0.25, 0.3) is 5.56 Å². The lowest BCUT2D eigenvalue weighted by molar-refractivity contribution is 0.0881. The van der Waals surface area contributed by atoms with Gasteiger partial charge in [0.05, 0.1) is 12.1 Å². The largest absolute Gasteiger partial charge is 0.392 e. The zero-order valence-corrected chi connectivity index (χ0v) is 19.3. The fourth-order valence-electron chi connectivity index (χ4n) is 3.15. The molecule has 3 rings (SSSR count). The van der Waals surface area contributed by atoms with Crippen LogP contribution in [-0.2, 0) is 18.1 Å². The van der Waals surface area contributed by atoms with Crippen LogP contribution in [0.4, 0.5) is 4.39 Å². The minimum absolute atomic E-state index is 0.126. The van der Waals surface area contributed by atoms with E-state index in [1.54, 1.807) is 4.57 Å². The van der Waals surface area contributed by atoms with Crippen LogP contribution in [0.5, 0.6) is 0 Å². The molecule has 0 unspecified atom stereocenters. The molecule has 0 fully saturated rings. The minimum Gasteiger partial charge on any atom is -0.392 e. The highest BCUT2D eigenvalue weighted by molar-refractivity contribution is 9.10. The van der Waals surface area contributed by atoms with Gasteiger partial charge in [-0.05, 0) is 46.1 Å². The number of fused-ring (bicyclic) bond motifs is 3. The third-order valence-corrected chi connectivity index (χ3v) is 8.09. The second kappa shape index (κ2) is 7.75. The molecule has 0 bridgehead atoms. The van der Waals surface area contributed by atoms with Gasteiger partial charge in [-0.3, -0.25) is 9.36 Å². The van der Waals surface area contributed by atoms with Gasteiger partial charge in [0.1, 0.15) is 11.4 Å². The molecule has 0 atom stereocenters. The number of aromatic nitrogens is 1. The Morgan fingerprint density at radius 2 is 2.04 bits per heavy atom. The Labute approximate surface area is 170 Å². The Bertz CT molecular complexity index is 1070. The van der Waals surface area contributed by atoms with E-state index in [0.29, 0.717) is 32.2 Å². The van der Waals surface area contributed by atoms with Gasteiger partial charge >= 0.3 is 0 Å². The van der Waals surface area contributed by atoms with Crippen LogP contribution < -0.4 is 5.56 Å². The topological polar surface area (TPSA) is 51.5 Å². The molecule has 146 valence electrons. The van der Waals surface area contributed by atoms with E-state index in [1.807, 2.05) is 13.0 Å². The monoisotopic (exact) mass is 471 g/mol. The summed E-state index contributed by atoms with van der Waals surface area (Å²) < 4.78 is 22.5. The number of pyridine rings is 1. The number of ether oxygens (including phenoxy) is 1. The highest BCUT2D eigenvalue weighted by atomic mass is 79.9. The van der Waals surface area contributed by atoms with Crippen molar-refractivity contribution in [3.63, 3.8) is 0 Å². The van der Waals surface area contributed by atoms with E-state index in [4.69, 9.17) is 4.74 Å². The van der Waals surface area contributed by atoms with Crippen molar-refractivity contribution in [2.45, 2.75) is 45.9 Å². The number of thiophene rings is 1. The smallest absolute Gasteiger partial charge is 0.271 e. The third-order valence-electron chi connectivity index (χ3n) is 4.57. The number of aliphatic hydroxyl groups excluding tert-OH is 1. The molecule has 0 amide bonds. The highest BCUT2D eigenvalue weighted by Gasteiger charge is 2.20. The summed E-state index contributed by atoms with van der Waals surface area (Å²) in [5, 5.41) is 10.6. The molecule has 2 aromatic heterocycles. The predicted molar refractivity (Wildman–Crippen MR) is 116 cm³/mol. The van der Waals surface area contributed by atoms with E-state index in [1.165, 1.54) is 6.07 Å². The molecule has 1 aromatic carbocycles. The van der Waals surface area contributed by atoms with Crippen molar-refractivity contribution in [1.29, 1.82) is 0 Å². The number of rotatable bonds is 6. The van der Waals surface area contributed by atoms with Crippen LogP contribution in [0.2, 0.25) is 25.7 Å². The van der Waals surface area contributed by atoms with E-state index in [2.05, 4.69) is 35.6 Å². The van der Waals surface area contributed by atoms with Gasteiger partial charge in [-0.1, -0.05) is 25.7 Å². The second-order valence-corrected chi connectivity index (χ2v) is 15.3. The van der Waals surface area contributed by atoms with Gasteiger partial charge in [-0.2, -0.15) is 4.39 Å². The van der Waals surface area contributed by atoms with Crippen LogP contribution >= 0.6 is 27.3 Å². The van der Waals surface area contributed by atoms with Gasteiger partial charge < -0.3 is 9.84 Å². The summed E-state index contributed by atoms with van der Waals surface area (Å²) in [5.74, 6) is 0. The molecular weight excluding hydrogens is 449 g/mol. The number of nitrogens with zero attached hydrogens (tertiary/aromatic N) is 1. The summed E-state index contributed by atoms with van der Waals surface area (Å²) in [5.41, 5.74) is 2.02. The molecule has 3 aromatic rings. The van der Waals surface area contributed by atoms with Crippen LogP contribution in [0.3, 0.4) is 0 Å². The van der Waals surface area contributed by atoms with E-state index in [9.17, 15) is 14.3 Å². The van der Waals surface area contributed by atoms with Crippen LogP contribution in [-0.4, -0.2) is 24.4 Å². The fraction of sp³-hybridized carbons (Fsp3) is 0.421. The molecule has 0 spiro atoms. The number of hydrogen-bond acceptors (Lipinski definition) is 4. The maximum atomic E-state index is 14.0. The molecule has 4 nitrogen and oxygen atoms in total. The van der Waals surface area contributed by atoms with Gasteiger partial charge in [-0.15, -0.1) is 11.3 Å². The SMILES string of the molecule is Cc1cc(CO)c(Br)c2c3cc(F)sc3c(=O)n(COCC[Si](C)(C)C)c12. The molecule has 0 aliphatic carbocycles. The minimum atomic E-state index is -1.23. The lowest BCUT2D eigenvalue weighted by atomic mass is 10.0. The van der Waals surface area contributed by atoms with Crippen molar-refractivity contribution in [1.82, 2.24) is 4.57 Å². The molecular formula is C19H23BrFNO3SSi. The first-order valence-corrected chi connectivity index (χ1v) is 14.1. The summed E-state index contributed by atoms with van der Waals surface area (Å²) in [6.07, 6.45) is 0. The van der Waals surface area contributed by atoms with Crippen LogP contribution in [0.25, 0.3) is 21.0 Å². The zero-order valence-electron chi connectivity index (χ0n) is 15.9. The molecule has 0 aliphatic rings. The number of benzene rings is 1. The summed E-state index contributed by atoms with van der Waals surface area (Å²) in [4.78, 5) is 13.0. The van der Waals surface area contributed by atoms with Crippen LogP contribution in [0.15, 0.2) is 21.4 Å². The summed E-state index contributed by atoms with van der Waals surface area (Å²) in [7, 11) is -1.23. The molecule has 27 heavy (non-hydrogen) atoms.